The van der Waals surface area contributed by atoms with Gasteiger partial charge in [0.1, 0.15) is 0 Å². The monoisotopic (exact) mass is 253 g/mol. The number of carboxylic acid groups (broad SMARTS) is 1. The molecule has 1 saturated carbocycles. The molecule has 2 rings (SSSR count). The lowest BCUT2D eigenvalue weighted by Crippen LogP contribution is -2.46. The number of amides is 1. The Morgan fingerprint density at radius 2 is 1.78 bits per heavy atom. The molecule has 0 radical (unpaired) electrons. The molecule has 2 aliphatic rings. The molecular formula is C14H23NO3. The minimum absolute atomic E-state index is 0.0596. The Morgan fingerprint density at radius 1 is 1.06 bits per heavy atom. The van der Waals surface area contributed by atoms with Crippen LogP contribution in [-0.4, -0.2) is 34.5 Å². The van der Waals surface area contributed by atoms with Crippen LogP contribution in [0.5, 0.6) is 0 Å². The lowest BCUT2D eigenvalue weighted by Gasteiger charge is -2.33. The van der Waals surface area contributed by atoms with Crippen LogP contribution in [0.1, 0.15) is 57.8 Å². The molecule has 1 aliphatic heterocycles. The average Bonchev–Trinajstić information content (AvgIpc) is 2.68. The van der Waals surface area contributed by atoms with Crippen molar-refractivity contribution in [2.24, 2.45) is 5.92 Å². The molecule has 18 heavy (non-hydrogen) atoms. The van der Waals surface area contributed by atoms with E-state index >= 15 is 0 Å². The van der Waals surface area contributed by atoms with E-state index in [1.54, 1.807) is 0 Å². The quantitative estimate of drug-likeness (QED) is 0.769. The van der Waals surface area contributed by atoms with Crippen LogP contribution < -0.4 is 0 Å². The first-order valence-corrected chi connectivity index (χ1v) is 7.22. The van der Waals surface area contributed by atoms with Crippen LogP contribution in [0.2, 0.25) is 0 Å². The maximum atomic E-state index is 12.1. The molecule has 2 atom stereocenters. The highest BCUT2D eigenvalue weighted by molar-refractivity contribution is 5.78. The summed E-state index contributed by atoms with van der Waals surface area (Å²) in [4.78, 5) is 25.4. The maximum Gasteiger partial charge on any atom is 0.308 e. The number of nitrogens with zero attached hydrogens (tertiary/aromatic N) is 1. The zero-order valence-corrected chi connectivity index (χ0v) is 10.9. The van der Waals surface area contributed by atoms with Crippen molar-refractivity contribution in [1.82, 2.24) is 4.90 Å². The Labute approximate surface area is 108 Å². The molecule has 4 heteroatoms. The second kappa shape index (κ2) is 6.21. The van der Waals surface area contributed by atoms with E-state index in [9.17, 15) is 14.7 Å². The zero-order chi connectivity index (χ0) is 13.0. The van der Waals surface area contributed by atoms with E-state index in [0.717, 1.165) is 57.9 Å². The number of rotatable bonds is 2. The number of carboxylic acids is 1. The summed E-state index contributed by atoms with van der Waals surface area (Å²) >= 11 is 0. The van der Waals surface area contributed by atoms with Crippen LogP contribution in [0.3, 0.4) is 0 Å². The highest BCUT2D eigenvalue weighted by Crippen LogP contribution is 2.29. The van der Waals surface area contributed by atoms with Gasteiger partial charge in [-0.1, -0.05) is 25.7 Å². The largest absolute Gasteiger partial charge is 0.481 e. The summed E-state index contributed by atoms with van der Waals surface area (Å²) in [6, 6.07) is -0.0596. The fourth-order valence-electron chi connectivity index (χ4n) is 3.30. The number of carbonyl (C=O) groups excluding carboxylic acids is 1. The van der Waals surface area contributed by atoms with Crippen molar-refractivity contribution >= 4 is 11.9 Å². The van der Waals surface area contributed by atoms with Crippen molar-refractivity contribution in [3.05, 3.63) is 0 Å². The standard InChI is InChI=1S/C14H23NO3/c16-13-9-5-2-6-10-15(13)12-8-4-1-3-7-11(12)14(17)18/h11-12H,1-10H2,(H,17,18). The maximum absolute atomic E-state index is 12.1. The second-order valence-corrected chi connectivity index (χ2v) is 5.55. The summed E-state index contributed by atoms with van der Waals surface area (Å²) in [5, 5.41) is 9.38. The van der Waals surface area contributed by atoms with Crippen molar-refractivity contribution in [1.29, 1.82) is 0 Å². The van der Waals surface area contributed by atoms with Gasteiger partial charge in [-0.25, -0.2) is 0 Å². The van der Waals surface area contributed by atoms with Crippen LogP contribution in [0.15, 0.2) is 0 Å². The number of aliphatic carboxylic acids is 1. The Morgan fingerprint density at radius 3 is 2.56 bits per heavy atom. The molecular weight excluding hydrogens is 230 g/mol. The predicted molar refractivity (Wildman–Crippen MR) is 68.2 cm³/mol. The van der Waals surface area contributed by atoms with Crippen molar-refractivity contribution in [3.63, 3.8) is 0 Å². The lowest BCUT2D eigenvalue weighted by atomic mass is 9.93. The molecule has 1 amide bonds. The Kier molecular flexibility index (Phi) is 4.61. The Hall–Kier alpha value is -1.06. The van der Waals surface area contributed by atoms with Gasteiger partial charge >= 0.3 is 5.97 Å². The second-order valence-electron chi connectivity index (χ2n) is 5.55. The van der Waals surface area contributed by atoms with E-state index in [-0.39, 0.29) is 17.9 Å². The molecule has 1 N–H and O–H groups in total. The van der Waals surface area contributed by atoms with E-state index < -0.39 is 5.97 Å². The number of hydrogen-bond donors (Lipinski definition) is 1. The minimum atomic E-state index is -0.723. The summed E-state index contributed by atoms with van der Waals surface area (Å²) in [5.41, 5.74) is 0. The van der Waals surface area contributed by atoms with Crippen molar-refractivity contribution in [2.45, 2.75) is 63.8 Å². The summed E-state index contributed by atoms with van der Waals surface area (Å²) in [7, 11) is 0. The molecule has 1 heterocycles. The van der Waals surface area contributed by atoms with Gasteiger partial charge < -0.3 is 10.0 Å². The summed E-state index contributed by atoms with van der Waals surface area (Å²) < 4.78 is 0. The van der Waals surface area contributed by atoms with Crippen LogP contribution in [0.4, 0.5) is 0 Å². The van der Waals surface area contributed by atoms with E-state index in [2.05, 4.69) is 0 Å². The number of likely N-dealkylation sites (tertiary alicyclic amines) is 1. The van der Waals surface area contributed by atoms with Gasteiger partial charge in [-0.05, 0) is 25.7 Å². The lowest BCUT2D eigenvalue weighted by molar-refractivity contribution is -0.147. The van der Waals surface area contributed by atoms with Gasteiger partial charge in [-0.15, -0.1) is 0 Å². The van der Waals surface area contributed by atoms with Crippen molar-refractivity contribution < 1.29 is 14.7 Å². The molecule has 4 nitrogen and oxygen atoms in total. The fourth-order valence-corrected chi connectivity index (χ4v) is 3.30. The molecule has 0 aromatic carbocycles. The SMILES string of the molecule is O=C(O)C1CCCCCC1N1CCCCCC1=O. The van der Waals surface area contributed by atoms with Crippen molar-refractivity contribution in [2.75, 3.05) is 6.54 Å². The summed E-state index contributed by atoms with van der Waals surface area (Å²) in [6.07, 6.45) is 8.40. The van der Waals surface area contributed by atoms with Gasteiger partial charge in [0.05, 0.1) is 5.92 Å². The number of carbonyl (C=O) groups is 2. The first kappa shape index (κ1) is 13.4. The van der Waals surface area contributed by atoms with Crippen LogP contribution in [-0.2, 0) is 9.59 Å². The normalized spacial score (nSPS) is 30.7. The van der Waals surface area contributed by atoms with Gasteiger partial charge in [0.15, 0.2) is 0 Å². The molecule has 0 aromatic rings. The van der Waals surface area contributed by atoms with Gasteiger partial charge in [0.2, 0.25) is 5.91 Å². The predicted octanol–water partition coefficient (Wildman–Crippen LogP) is 2.42. The first-order valence-electron chi connectivity index (χ1n) is 7.22. The van der Waals surface area contributed by atoms with Crippen LogP contribution >= 0.6 is 0 Å². The van der Waals surface area contributed by atoms with E-state index in [4.69, 9.17) is 0 Å². The van der Waals surface area contributed by atoms with E-state index in [1.807, 2.05) is 4.90 Å². The van der Waals surface area contributed by atoms with E-state index in [0.29, 0.717) is 6.42 Å². The van der Waals surface area contributed by atoms with Crippen molar-refractivity contribution in [3.8, 4) is 0 Å². The van der Waals surface area contributed by atoms with Gasteiger partial charge in [0.25, 0.3) is 0 Å². The Bertz CT molecular complexity index is 316. The molecule has 0 aromatic heterocycles. The zero-order valence-electron chi connectivity index (χ0n) is 10.9. The van der Waals surface area contributed by atoms with Gasteiger partial charge in [-0.3, -0.25) is 9.59 Å². The summed E-state index contributed by atoms with van der Waals surface area (Å²) in [5.74, 6) is -0.904. The molecule has 2 fully saturated rings. The van der Waals surface area contributed by atoms with Gasteiger partial charge in [0, 0.05) is 19.0 Å². The van der Waals surface area contributed by atoms with E-state index in [1.165, 1.54) is 0 Å². The number of hydrogen-bond acceptors (Lipinski definition) is 2. The minimum Gasteiger partial charge on any atom is -0.481 e. The van der Waals surface area contributed by atoms with Crippen LogP contribution in [0.25, 0.3) is 0 Å². The van der Waals surface area contributed by atoms with Gasteiger partial charge in [-0.2, -0.15) is 0 Å². The molecule has 0 bridgehead atoms. The third kappa shape index (κ3) is 3.03. The highest BCUT2D eigenvalue weighted by Gasteiger charge is 2.36. The topological polar surface area (TPSA) is 57.6 Å². The average molecular weight is 253 g/mol. The highest BCUT2D eigenvalue weighted by atomic mass is 16.4. The molecule has 1 aliphatic carbocycles. The Balaban J connectivity index is 2.14. The van der Waals surface area contributed by atoms with Crippen LogP contribution in [0, 0.1) is 5.92 Å². The smallest absolute Gasteiger partial charge is 0.308 e. The molecule has 1 saturated heterocycles. The summed E-state index contributed by atoms with van der Waals surface area (Å²) in [6.45, 7) is 0.757. The molecule has 0 spiro atoms. The third-order valence-electron chi connectivity index (χ3n) is 4.31. The molecule has 102 valence electrons. The molecule has 2 unspecified atom stereocenters. The third-order valence-corrected chi connectivity index (χ3v) is 4.31. The first-order chi connectivity index (χ1) is 8.70. The fraction of sp³-hybridized carbons (Fsp3) is 0.857.